The van der Waals surface area contributed by atoms with E-state index >= 15 is 0 Å². The second-order valence-electron chi connectivity index (χ2n) is 7.41. The van der Waals surface area contributed by atoms with E-state index in [2.05, 4.69) is 5.32 Å². The van der Waals surface area contributed by atoms with Gasteiger partial charge in [-0.25, -0.2) is 4.79 Å². The summed E-state index contributed by atoms with van der Waals surface area (Å²) in [6.07, 6.45) is -4.03. The zero-order valence-corrected chi connectivity index (χ0v) is 16.0. The van der Waals surface area contributed by atoms with Gasteiger partial charge in [0.2, 0.25) is 0 Å². The van der Waals surface area contributed by atoms with Crippen LogP contribution in [0.5, 0.6) is 0 Å². The van der Waals surface area contributed by atoms with E-state index in [1.54, 1.807) is 12.1 Å². The number of alkyl halides is 3. The van der Waals surface area contributed by atoms with Crippen LogP contribution in [0, 0.1) is 11.8 Å². The maximum atomic E-state index is 12.9. The number of ether oxygens (including phenoxy) is 1. The molecular weight excluding hydrogens is 385 g/mol. The van der Waals surface area contributed by atoms with E-state index in [0.29, 0.717) is 0 Å². The molecule has 29 heavy (non-hydrogen) atoms. The number of methoxy groups -OCH3 is 1. The highest BCUT2D eigenvalue weighted by molar-refractivity contribution is 6.05. The molecule has 156 valence electrons. The highest BCUT2D eigenvalue weighted by Gasteiger charge is 2.44. The fourth-order valence-corrected chi connectivity index (χ4v) is 3.95. The van der Waals surface area contributed by atoms with Crippen LogP contribution in [0.2, 0.25) is 0 Å². The molecule has 2 aromatic carbocycles. The average molecular weight is 408 g/mol. The zero-order chi connectivity index (χ0) is 21.2. The lowest BCUT2D eigenvalue weighted by Crippen LogP contribution is -2.48. The van der Waals surface area contributed by atoms with Crippen molar-refractivity contribution in [3.63, 3.8) is 0 Å². The number of hydrogen-bond donors (Lipinski definition) is 2. The van der Waals surface area contributed by atoms with E-state index in [-0.39, 0.29) is 36.9 Å². The summed E-state index contributed by atoms with van der Waals surface area (Å²) in [5.74, 6) is -3.02. The molecule has 1 unspecified atom stereocenters. The Labute approximate surface area is 166 Å². The van der Waals surface area contributed by atoms with Crippen LogP contribution >= 0.6 is 0 Å². The molecule has 1 atom stereocenters. The van der Waals surface area contributed by atoms with Crippen molar-refractivity contribution >= 4 is 28.3 Å². The third-order valence-corrected chi connectivity index (χ3v) is 5.61. The Hall–Kier alpha value is -2.77. The largest absolute Gasteiger partial charge is 0.467 e. The second kappa shape index (κ2) is 8.31. The van der Waals surface area contributed by atoms with Crippen molar-refractivity contribution in [2.75, 3.05) is 12.8 Å². The average Bonchev–Trinajstić information content (AvgIpc) is 2.70. The SMILES string of the molecule is COC(=O)C(NC(=O)c1cc2ccccc2cc1N)C1CCC(C(F)(F)F)CC1. The summed E-state index contributed by atoms with van der Waals surface area (Å²) < 4.78 is 43.6. The van der Waals surface area contributed by atoms with E-state index < -0.39 is 35.9 Å². The van der Waals surface area contributed by atoms with Gasteiger partial charge in [-0.1, -0.05) is 24.3 Å². The van der Waals surface area contributed by atoms with Gasteiger partial charge in [0.15, 0.2) is 0 Å². The van der Waals surface area contributed by atoms with Gasteiger partial charge in [0.25, 0.3) is 5.91 Å². The Morgan fingerprint density at radius 3 is 2.24 bits per heavy atom. The van der Waals surface area contributed by atoms with Crippen molar-refractivity contribution in [2.45, 2.75) is 37.9 Å². The van der Waals surface area contributed by atoms with Crippen LogP contribution in [0.4, 0.5) is 18.9 Å². The number of hydrogen-bond acceptors (Lipinski definition) is 4. The second-order valence-corrected chi connectivity index (χ2v) is 7.41. The number of esters is 1. The maximum absolute atomic E-state index is 12.9. The van der Waals surface area contributed by atoms with E-state index in [1.807, 2.05) is 24.3 Å². The van der Waals surface area contributed by atoms with Crippen molar-refractivity contribution in [3.8, 4) is 0 Å². The topological polar surface area (TPSA) is 81.4 Å². The number of carbonyl (C=O) groups excluding carboxylic acids is 2. The van der Waals surface area contributed by atoms with Gasteiger partial charge < -0.3 is 15.8 Å². The van der Waals surface area contributed by atoms with Crippen molar-refractivity contribution in [2.24, 2.45) is 11.8 Å². The van der Waals surface area contributed by atoms with Crippen LogP contribution < -0.4 is 11.1 Å². The van der Waals surface area contributed by atoms with Crippen molar-refractivity contribution in [1.29, 1.82) is 0 Å². The molecule has 0 radical (unpaired) electrons. The third kappa shape index (κ3) is 4.63. The fourth-order valence-electron chi connectivity index (χ4n) is 3.95. The Morgan fingerprint density at radius 1 is 1.10 bits per heavy atom. The zero-order valence-electron chi connectivity index (χ0n) is 16.0. The molecule has 0 aliphatic heterocycles. The minimum Gasteiger partial charge on any atom is -0.467 e. The summed E-state index contributed by atoms with van der Waals surface area (Å²) in [5, 5.41) is 4.32. The van der Waals surface area contributed by atoms with Crippen molar-refractivity contribution in [1.82, 2.24) is 5.32 Å². The van der Waals surface area contributed by atoms with Crippen molar-refractivity contribution in [3.05, 3.63) is 42.0 Å². The highest BCUT2D eigenvalue weighted by Crippen LogP contribution is 2.40. The number of rotatable bonds is 4. The van der Waals surface area contributed by atoms with Crippen LogP contribution in [-0.4, -0.2) is 31.2 Å². The summed E-state index contributed by atoms with van der Waals surface area (Å²) in [5.41, 5.74) is 6.48. The molecule has 1 aliphatic carbocycles. The van der Waals surface area contributed by atoms with Gasteiger partial charge in [0.1, 0.15) is 6.04 Å². The number of nitrogen functional groups attached to an aromatic ring is 1. The molecule has 0 bridgehead atoms. The molecule has 8 heteroatoms. The van der Waals surface area contributed by atoms with Gasteiger partial charge in [0, 0.05) is 5.69 Å². The number of benzene rings is 2. The first-order valence-corrected chi connectivity index (χ1v) is 9.44. The van der Waals surface area contributed by atoms with E-state index in [4.69, 9.17) is 10.5 Å². The quantitative estimate of drug-likeness (QED) is 0.591. The summed E-state index contributed by atoms with van der Waals surface area (Å²) in [4.78, 5) is 25.1. The van der Waals surface area contributed by atoms with Crippen LogP contribution in [0.25, 0.3) is 10.8 Å². The van der Waals surface area contributed by atoms with Gasteiger partial charge >= 0.3 is 12.1 Å². The third-order valence-electron chi connectivity index (χ3n) is 5.61. The first-order chi connectivity index (χ1) is 13.7. The van der Waals surface area contributed by atoms with Gasteiger partial charge in [-0.3, -0.25) is 4.79 Å². The molecule has 3 N–H and O–H groups in total. The molecule has 1 amide bonds. The van der Waals surface area contributed by atoms with Crippen LogP contribution in [-0.2, 0) is 9.53 Å². The number of nitrogens with two attached hydrogens (primary N) is 1. The number of halogens is 3. The predicted molar refractivity (Wildman–Crippen MR) is 103 cm³/mol. The van der Waals surface area contributed by atoms with E-state index in [1.165, 1.54) is 7.11 Å². The lowest BCUT2D eigenvalue weighted by Gasteiger charge is -2.33. The van der Waals surface area contributed by atoms with E-state index in [9.17, 15) is 22.8 Å². The van der Waals surface area contributed by atoms with Crippen LogP contribution in [0.3, 0.4) is 0 Å². The van der Waals surface area contributed by atoms with Gasteiger partial charge in [-0.2, -0.15) is 13.2 Å². The Morgan fingerprint density at radius 2 is 1.69 bits per heavy atom. The minimum atomic E-state index is -4.24. The lowest BCUT2D eigenvalue weighted by molar-refractivity contribution is -0.184. The number of anilines is 1. The Balaban J connectivity index is 1.78. The fraction of sp³-hybridized carbons (Fsp3) is 0.429. The number of amides is 1. The smallest absolute Gasteiger partial charge is 0.391 e. The normalized spacial score (nSPS) is 20.8. The molecule has 1 aliphatic rings. The number of fused-ring (bicyclic) bond motifs is 1. The summed E-state index contributed by atoms with van der Waals surface area (Å²) >= 11 is 0. The molecular formula is C21H23F3N2O3. The molecule has 5 nitrogen and oxygen atoms in total. The van der Waals surface area contributed by atoms with Crippen LogP contribution in [0.15, 0.2) is 36.4 Å². The highest BCUT2D eigenvalue weighted by atomic mass is 19.4. The van der Waals surface area contributed by atoms with Gasteiger partial charge in [0.05, 0.1) is 18.6 Å². The van der Waals surface area contributed by atoms with Crippen LogP contribution in [0.1, 0.15) is 36.0 Å². The van der Waals surface area contributed by atoms with Crippen molar-refractivity contribution < 1.29 is 27.5 Å². The molecule has 0 heterocycles. The summed E-state index contributed by atoms with van der Waals surface area (Å²) in [7, 11) is 1.19. The molecule has 2 aromatic rings. The first-order valence-electron chi connectivity index (χ1n) is 9.44. The maximum Gasteiger partial charge on any atom is 0.391 e. The summed E-state index contributed by atoms with van der Waals surface area (Å²) in [6, 6.07) is 9.67. The standard InChI is InChI=1S/C21H23F3N2O3/c1-29-20(28)18(12-6-8-15(9-7-12)21(22,23)24)26-19(27)16-10-13-4-2-3-5-14(13)11-17(16)25/h2-5,10-12,15,18H,6-9,25H2,1H3,(H,26,27). The Kier molecular flexibility index (Phi) is 6.00. The summed E-state index contributed by atoms with van der Waals surface area (Å²) in [6.45, 7) is 0. The first kappa shape index (κ1) is 21.0. The molecule has 3 rings (SSSR count). The molecule has 1 saturated carbocycles. The molecule has 0 spiro atoms. The number of carbonyl (C=O) groups is 2. The van der Waals surface area contributed by atoms with Gasteiger partial charge in [-0.05, 0) is 54.5 Å². The predicted octanol–water partition coefficient (Wildman–Crippen LogP) is 4.06. The molecule has 1 fully saturated rings. The number of nitrogens with one attached hydrogen (secondary N) is 1. The van der Waals surface area contributed by atoms with Gasteiger partial charge in [-0.15, -0.1) is 0 Å². The lowest BCUT2D eigenvalue weighted by atomic mass is 9.78. The Bertz CT molecular complexity index is 906. The van der Waals surface area contributed by atoms with E-state index in [0.717, 1.165) is 10.8 Å². The minimum absolute atomic E-state index is 0.0738. The molecule has 0 saturated heterocycles. The molecule has 0 aromatic heterocycles. The monoisotopic (exact) mass is 408 g/mol.